The number of rotatable bonds is 2. The Balaban J connectivity index is 2.15. The fourth-order valence-corrected chi connectivity index (χ4v) is 5.19. The van der Waals surface area contributed by atoms with Crippen molar-refractivity contribution in [2.75, 3.05) is 24.7 Å². The molecule has 76 valence electrons. The first kappa shape index (κ1) is 9.43. The molecular weight excluding hydrogens is 190 g/mol. The maximum atomic E-state index is 11.3. The lowest BCUT2D eigenvalue weighted by molar-refractivity contribution is -0.0169. The number of aliphatic hydroxyl groups is 1. The lowest BCUT2D eigenvalue weighted by Gasteiger charge is -2.46. The van der Waals surface area contributed by atoms with E-state index in [1.807, 2.05) is 0 Å². The SMILES string of the molecule is NC[C@@H]1[C@H](CO)[C@@H]2CS(=O)(=O)C[C@H]12. The van der Waals surface area contributed by atoms with Crippen molar-refractivity contribution in [3.8, 4) is 0 Å². The van der Waals surface area contributed by atoms with Crippen molar-refractivity contribution in [3.63, 3.8) is 0 Å². The van der Waals surface area contributed by atoms with Gasteiger partial charge in [0.25, 0.3) is 0 Å². The molecule has 0 unspecified atom stereocenters. The van der Waals surface area contributed by atoms with E-state index in [-0.39, 0.29) is 41.8 Å². The third-order valence-corrected chi connectivity index (χ3v) is 5.36. The van der Waals surface area contributed by atoms with Crippen molar-refractivity contribution in [1.82, 2.24) is 0 Å². The summed E-state index contributed by atoms with van der Waals surface area (Å²) in [6.45, 7) is 0.584. The van der Waals surface area contributed by atoms with Crippen LogP contribution in [0.4, 0.5) is 0 Å². The van der Waals surface area contributed by atoms with Crippen LogP contribution in [0.1, 0.15) is 0 Å². The Hall–Kier alpha value is -0.130. The molecule has 5 heteroatoms. The first-order chi connectivity index (χ1) is 6.09. The number of hydrogen-bond donors (Lipinski definition) is 2. The van der Waals surface area contributed by atoms with Crippen molar-refractivity contribution in [2.24, 2.45) is 29.4 Å². The monoisotopic (exact) mass is 205 g/mol. The molecule has 0 aromatic carbocycles. The van der Waals surface area contributed by atoms with Gasteiger partial charge in [0.05, 0.1) is 11.5 Å². The minimum absolute atomic E-state index is 0.0819. The van der Waals surface area contributed by atoms with E-state index < -0.39 is 9.84 Å². The van der Waals surface area contributed by atoms with Crippen LogP contribution >= 0.6 is 0 Å². The predicted molar refractivity (Wildman–Crippen MR) is 48.8 cm³/mol. The molecule has 0 aromatic rings. The van der Waals surface area contributed by atoms with E-state index in [1.165, 1.54) is 0 Å². The molecule has 0 amide bonds. The minimum atomic E-state index is -2.83. The summed E-state index contributed by atoms with van der Waals surface area (Å²) in [5.41, 5.74) is 5.54. The number of sulfone groups is 1. The molecule has 0 aromatic heterocycles. The second-order valence-electron chi connectivity index (χ2n) is 4.15. The molecule has 1 aliphatic heterocycles. The summed E-state index contributed by atoms with van der Waals surface area (Å²) in [4.78, 5) is 0. The fourth-order valence-electron chi connectivity index (χ4n) is 2.89. The van der Waals surface area contributed by atoms with Crippen molar-refractivity contribution in [2.45, 2.75) is 0 Å². The zero-order valence-corrected chi connectivity index (χ0v) is 8.20. The van der Waals surface area contributed by atoms with Gasteiger partial charge in [-0.15, -0.1) is 0 Å². The van der Waals surface area contributed by atoms with Crippen LogP contribution in [-0.4, -0.2) is 38.2 Å². The second kappa shape index (κ2) is 2.93. The average molecular weight is 205 g/mol. The summed E-state index contributed by atoms with van der Waals surface area (Å²) >= 11 is 0. The highest BCUT2D eigenvalue weighted by Crippen LogP contribution is 2.50. The average Bonchev–Trinajstić information content (AvgIpc) is 2.30. The van der Waals surface area contributed by atoms with Gasteiger partial charge in [0.1, 0.15) is 0 Å². The predicted octanol–water partition coefficient (Wildman–Crippen LogP) is -1.16. The van der Waals surface area contributed by atoms with E-state index in [2.05, 4.69) is 0 Å². The summed E-state index contributed by atoms with van der Waals surface area (Å²) in [6, 6.07) is 0. The number of hydrogen-bond acceptors (Lipinski definition) is 4. The maximum absolute atomic E-state index is 11.3. The topological polar surface area (TPSA) is 80.4 Å². The molecule has 1 aliphatic carbocycles. The molecule has 2 fully saturated rings. The van der Waals surface area contributed by atoms with Crippen LogP contribution in [-0.2, 0) is 9.84 Å². The quantitative estimate of drug-likeness (QED) is 0.596. The van der Waals surface area contributed by atoms with Gasteiger partial charge in [-0.25, -0.2) is 8.42 Å². The molecule has 2 aliphatic rings. The number of aliphatic hydroxyl groups excluding tert-OH is 1. The zero-order chi connectivity index (χ0) is 9.64. The molecule has 13 heavy (non-hydrogen) atoms. The van der Waals surface area contributed by atoms with Crippen molar-refractivity contribution in [3.05, 3.63) is 0 Å². The lowest BCUT2D eigenvalue weighted by atomic mass is 9.58. The first-order valence-corrected chi connectivity index (χ1v) is 6.42. The van der Waals surface area contributed by atoms with Gasteiger partial charge >= 0.3 is 0 Å². The van der Waals surface area contributed by atoms with Crippen LogP contribution in [0.15, 0.2) is 0 Å². The van der Waals surface area contributed by atoms with Crippen LogP contribution < -0.4 is 5.73 Å². The molecular formula is C8H15NO3S. The molecule has 0 radical (unpaired) electrons. The van der Waals surface area contributed by atoms with Crippen molar-refractivity contribution >= 4 is 9.84 Å². The van der Waals surface area contributed by atoms with E-state index in [4.69, 9.17) is 10.8 Å². The Morgan fingerprint density at radius 1 is 1.23 bits per heavy atom. The largest absolute Gasteiger partial charge is 0.396 e. The van der Waals surface area contributed by atoms with E-state index in [0.29, 0.717) is 6.54 Å². The van der Waals surface area contributed by atoms with Gasteiger partial charge in [0.2, 0.25) is 0 Å². The fraction of sp³-hybridized carbons (Fsp3) is 1.00. The second-order valence-corrected chi connectivity index (χ2v) is 6.30. The van der Waals surface area contributed by atoms with Crippen LogP contribution in [0.2, 0.25) is 0 Å². The summed E-state index contributed by atoms with van der Waals surface area (Å²) in [5.74, 6) is 1.32. The normalized spacial score (nSPS) is 46.9. The van der Waals surface area contributed by atoms with Gasteiger partial charge in [0.15, 0.2) is 9.84 Å². The standard InChI is InChI=1S/C8H15NO3S/c9-1-5-6(2-10)8-4-13(11,12)3-7(5)8/h5-8,10H,1-4,9H2/t5-,6+,7-,8+/m1/s1. The van der Waals surface area contributed by atoms with Gasteiger partial charge in [-0.1, -0.05) is 0 Å². The van der Waals surface area contributed by atoms with Gasteiger partial charge in [-0.2, -0.15) is 0 Å². The Morgan fingerprint density at radius 3 is 2.23 bits per heavy atom. The minimum Gasteiger partial charge on any atom is -0.396 e. The van der Waals surface area contributed by atoms with Gasteiger partial charge in [-0.3, -0.25) is 0 Å². The molecule has 1 heterocycles. The zero-order valence-electron chi connectivity index (χ0n) is 7.39. The molecule has 1 saturated heterocycles. The summed E-state index contributed by atoms with van der Waals surface area (Å²) < 4.78 is 22.6. The highest BCUT2D eigenvalue weighted by Gasteiger charge is 2.55. The molecule has 4 nitrogen and oxygen atoms in total. The first-order valence-electron chi connectivity index (χ1n) is 4.60. The summed E-state index contributed by atoms with van der Waals surface area (Å²) in [6.07, 6.45) is 0. The van der Waals surface area contributed by atoms with Gasteiger partial charge in [-0.05, 0) is 30.2 Å². The van der Waals surface area contributed by atoms with E-state index in [0.717, 1.165) is 0 Å². The highest BCUT2D eigenvalue weighted by atomic mass is 32.2. The molecule has 0 bridgehead atoms. The van der Waals surface area contributed by atoms with Crippen LogP contribution in [0.3, 0.4) is 0 Å². The third-order valence-electron chi connectivity index (χ3n) is 3.58. The number of fused-ring (bicyclic) bond motifs is 1. The van der Waals surface area contributed by atoms with E-state index in [1.54, 1.807) is 0 Å². The smallest absolute Gasteiger partial charge is 0.150 e. The van der Waals surface area contributed by atoms with E-state index in [9.17, 15) is 8.42 Å². The molecule has 0 spiro atoms. The number of nitrogens with two attached hydrogens (primary N) is 1. The highest BCUT2D eigenvalue weighted by molar-refractivity contribution is 7.91. The van der Waals surface area contributed by atoms with Crippen LogP contribution in [0.25, 0.3) is 0 Å². The Kier molecular flexibility index (Phi) is 2.13. The Morgan fingerprint density at radius 2 is 1.77 bits per heavy atom. The molecule has 1 saturated carbocycles. The van der Waals surface area contributed by atoms with Crippen molar-refractivity contribution in [1.29, 1.82) is 0 Å². The summed E-state index contributed by atoms with van der Waals surface area (Å²) in [5, 5.41) is 9.05. The van der Waals surface area contributed by atoms with Crippen LogP contribution in [0.5, 0.6) is 0 Å². The van der Waals surface area contributed by atoms with Gasteiger partial charge in [0, 0.05) is 6.61 Å². The van der Waals surface area contributed by atoms with Crippen molar-refractivity contribution < 1.29 is 13.5 Å². The Bertz CT molecular complexity index is 277. The maximum Gasteiger partial charge on any atom is 0.150 e. The van der Waals surface area contributed by atoms with Gasteiger partial charge < -0.3 is 10.8 Å². The van der Waals surface area contributed by atoms with Crippen LogP contribution in [0, 0.1) is 23.7 Å². The third kappa shape index (κ3) is 1.30. The van der Waals surface area contributed by atoms with E-state index >= 15 is 0 Å². The molecule has 2 rings (SSSR count). The molecule has 4 atom stereocenters. The lowest BCUT2D eigenvalue weighted by Crippen LogP contribution is -2.51. The molecule has 3 N–H and O–H groups in total. The Labute approximate surface area is 78.0 Å². The summed E-state index contributed by atoms with van der Waals surface area (Å²) in [7, 11) is -2.83.